The van der Waals surface area contributed by atoms with Gasteiger partial charge in [-0.3, -0.25) is 0 Å². The predicted molar refractivity (Wildman–Crippen MR) is 131 cm³/mol. The molecule has 0 spiro atoms. The van der Waals surface area contributed by atoms with Crippen LogP contribution in [0.15, 0.2) is 54.7 Å². The Morgan fingerprint density at radius 3 is 2.43 bits per heavy atom. The molecule has 0 unspecified atom stereocenters. The Bertz CT molecular complexity index is 1110. The summed E-state index contributed by atoms with van der Waals surface area (Å²) in [5, 5.41) is 6.52. The van der Waals surface area contributed by atoms with Gasteiger partial charge in [-0.2, -0.15) is 4.98 Å². The third kappa shape index (κ3) is 7.08. The van der Waals surface area contributed by atoms with E-state index < -0.39 is 6.36 Å². The molecular weight excluding hydrogens is 455 g/mol. The first kappa shape index (κ1) is 24.8. The summed E-state index contributed by atoms with van der Waals surface area (Å²) in [6.45, 7) is 2.88. The standard InChI is InChI=1S/C26H30F3N5O/c1-17-6-10-19(11-7-17)22-16-33-25(34-24(22)31-14-18-8-12-21(30)13-9-18)32-15-20-4-2-3-5-23(20)35-26(27,28)29/h2-7,10-11,16,18,21H,8-9,12-15,30H2,1H3,(H2,31,32,33,34)/t18-,21-. The van der Waals surface area contributed by atoms with E-state index in [1.165, 1.54) is 12.1 Å². The average molecular weight is 486 g/mol. The number of anilines is 2. The summed E-state index contributed by atoms with van der Waals surface area (Å²) in [4.78, 5) is 9.09. The van der Waals surface area contributed by atoms with Gasteiger partial charge < -0.3 is 21.1 Å². The summed E-state index contributed by atoms with van der Waals surface area (Å²) in [7, 11) is 0. The molecule has 1 aliphatic carbocycles. The first-order valence-electron chi connectivity index (χ1n) is 11.8. The van der Waals surface area contributed by atoms with Crippen molar-refractivity contribution in [3.05, 3.63) is 65.9 Å². The van der Waals surface area contributed by atoms with Crippen LogP contribution in [0.5, 0.6) is 5.75 Å². The van der Waals surface area contributed by atoms with E-state index in [4.69, 9.17) is 5.73 Å². The Hall–Kier alpha value is -3.33. The highest BCUT2D eigenvalue weighted by molar-refractivity contribution is 5.75. The lowest BCUT2D eigenvalue weighted by Gasteiger charge is -2.26. The summed E-state index contributed by atoms with van der Waals surface area (Å²) >= 11 is 0. The van der Waals surface area contributed by atoms with E-state index >= 15 is 0 Å². The van der Waals surface area contributed by atoms with Crippen LogP contribution in [0.2, 0.25) is 0 Å². The monoisotopic (exact) mass is 485 g/mol. The van der Waals surface area contributed by atoms with Crippen molar-refractivity contribution >= 4 is 11.8 Å². The van der Waals surface area contributed by atoms with Gasteiger partial charge in [0, 0.05) is 36.5 Å². The van der Waals surface area contributed by atoms with Gasteiger partial charge >= 0.3 is 6.36 Å². The van der Waals surface area contributed by atoms with Crippen LogP contribution < -0.4 is 21.1 Å². The smallest absolute Gasteiger partial charge is 0.405 e. The molecule has 35 heavy (non-hydrogen) atoms. The fraction of sp³-hybridized carbons (Fsp3) is 0.385. The Balaban J connectivity index is 1.52. The number of nitrogens with two attached hydrogens (primary N) is 1. The molecule has 1 fully saturated rings. The lowest BCUT2D eigenvalue weighted by atomic mass is 9.86. The number of para-hydroxylation sites is 1. The van der Waals surface area contributed by atoms with Crippen LogP contribution in [0.4, 0.5) is 24.9 Å². The zero-order valence-electron chi connectivity index (χ0n) is 19.6. The molecule has 0 radical (unpaired) electrons. The maximum absolute atomic E-state index is 12.7. The lowest BCUT2D eigenvalue weighted by molar-refractivity contribution is -0.274. The van der Waals surface area contributed by atoms with E-state index in [0.29, 0.717) is 23.2 Å². The van der Waals surface area contributed by atoms with Gasteiger partial charge in [0.2, 0.25) is 5.95 Å². The van der Waals surface area contributed by atoms with Crippen LogP contribution in [0, 0.1) is 12.8 Å². The number of halogens is 3. The van der Waals surface area contributed by atoms with Crippen molar-refractivity contribution in [2.24, 2.45) is 11.7 Å². The first-order chi connectivity index (χ1) is 16.8. The molecule has 1 aliphatic rings. The fourth-order valence-electron chi connectivity index (χ4n) is 4.23. The van der Waals surface area contributed by atoms with Gasteiger partial charge in [0.05, 0.1) is 0 Å². The normalized spacial score (nSPS) is 18.2. The van der Waals surface area contributed by atoms with E-state index in [-0.39, 0.29) is 18.3 Å². The molecular formula is C26H30F3N5O. The SMILES string of the molecule is Cc1ccc(-c2cnc(NCc3ccccc3OC(F)(F)F)nc2NC[C@H]2CC[C@H](N)CC2)cc1. The summed E-state index contributed by atoms with van der Waals surface area (Å²) in [6.07, 6.45) is 1.15. The Morgan fingerprint density at radius 1 is 1.00 bits per heavy atom. The average Bonchev–Trinajstić information content (AvgIpc) is 2.83. The minimum absolute atomic E-state index is 0.0794. The van der Waals surface area contributed by atoms with Gasteiger partial charge in [0.15, 0.2) is 0 Å². The molecule has 0 aliphatic heterocycles. The van der Waals surface area contributed by atoms with Crippen LogP contribution >= 0.6 is 0 Å². The number of alkyl halides is 3. The lowest BCUT2D eigenvalue weighted by Crippen LogP contribution is -2.29. The third-order valence-corrected chi connectivity index (χ3v) is 6.24. The maximum Gasteiger partial charge on any atom is 0.573 e. The molecule has 0 saturated heterocycles. The molecule has 1 aromatic heterocycles. The largest absolute Gasteiger partial charge is 0.573 e. The number of aromatic nitrogens is 2. The molecule has 0 atom stereocenters. The van der Waals surface area contributed by atoms with Gasteiger partial charge in [-0.15, -0.1) is 13.2 Å². The molecule has 6 nitrogen and oxygen atoms in total. The van der Waals surface area contributed by atoms with Gasteiger partial charge in [-0.05, 0) is 50.2 Å². The van der Waals surface area contributed by atoms with Gasteiger partial charge in [-0.25, -0.2) is 4.98 Å². The predicted octanol–water partition coefficient (Wildman–Crippen LogP) is 5.89. The maximum atomic E-state index is 12.7. The highest BCUT2D eigenvalue weighted by atomic mass is 19.4. The van der Waals surface area contributed by atoms with Crippen molar-refractivity contribution in [1.29, 1.82) is 0 Å². The molecule has 0 bridgehead atoms. The second kappa shape index (κ2) is 10.9. The van der Waals surface area contributed by atoms with Crippen LogP contribution in [-0.4, -0.2) is 28.9 Å². The number of rotatable bonds is 8. The number of benzene rings is 2. The zero-order valence-corrected chi connectivity index (χ0v) is 19.6. The highest BCUT2D eigenvalue weighted by Gasteiger charge is 2.32. The van der Waals surface area contributed by atoms with Crippen molar-refractivity contribution in [3.63, 3.8) is 0 Å². The van der Waals surface area contributed by atoms with Gasteiger partial charge in [-0.1, -0.05) is 48.0 Å². The second-order valence-electron chi connectivity index (χ2n) is 8.99. The number of hydrogen-bond donors (Lipinski definition) is 3. The van der Waals surface area contributed by atoms with Crippen LogP contribution in [0.3, 0.4) is 0 Å². The number of ether oxygens (including phenoxy) is 1. The van der Waals surface area contributed by atoms with Crippen molar-refractivity contribution < 1.29 is 17.9 Å². The topological polar surface area (TPSA) is 85.1 Å². The number of hydrogen-bond acceptors (Lipinski definition) is 6. The van der Waals surface area contributed by atoms with E-state index in [9.17, 15) is 13.2 Å². The number of aryl methyl sites for hydroxylation is 1. The quantitative estimate of drug-likeness (QED) is 0.369. The minimum Gasteiger partial charge on any atom is -0.405 e. The molecule has 4 rings (SSSR count). The van der Waals surface area contributed by atoms with Crippen molar-refractivity contribution in [2.75, 3.05) is 17.2 Å². The number of nitrogens with zero attached hydrogens (tertiary/aromatic N) is 2. The number of nitrogens with one attached hydrogen (secondary N) is 2. The van der Waals surface area contributed by atoms with E-state index in [2.05, 4.69) is 25.3 Å². The summed E-state index contributed by atoms with van der Waals surface area (Å²) in [6, 6.07) is 14.4. The Labute approximate surface area is 203 Å². The molecule has 186 valence electrons. The summed E-state index contributed by atoms with van der Waals surface area (Å²) < 4.78 is 42.4. The Kier molecular flexibility index (Phi) is 7.75. The third-order valence-electron chi connectivity index (χ3n) is 6.24. The molecule has 9 heteroatoms. The Morgan fingerprint density at radius 2 is 1.71 bits per heavy atom. The van der Waals surface area contributed by atoms with E-state index in [1.54, 1.807) is 18.3 Å². The van der Waals surface area contributed by atoms with Crippen molar-refractivity contribution in [1.82, 2.24) is 9.97 Å². The van der Waals surface area contributed by atoms with Crippen LogP contribution in [-0.2, 0) is 6.54 Å². The summed E-state index contributed by atoms with van der Waals surface area (Å²) in [5.74, 6) is 1.26. The first-order valence-corrected chi connectivity index (χ1v) is 11.8. The minimum atomic E-state index is -4.76. The van der Waals surface area contributed by atoms with Crippen LogP contribution in [0.25, 0.3) is 11.1 Å². The molecule has 3 aromatic rings. The highest BCUT2D eigenvalue weighted by Crippen LogP contribution is 2.30. The second-order valence-corrected chi connectivity index (χ2v) is 8.99. The van der Waals surface area contributed by atoms with Crippen molar-refractivity contribution in [2.45, 2.75) is 51.6 Å². The zero-order chi connectivity index (χ0) is 24.8. The molecule has 1 saturated carbocycles. The molecule has 0 amide bonds. The molecule has 4 N–H and O–H groups in total. The van der Waals surface area contributed by atoms with E-state index in [1.807, 2.05) is 31.2 Å². The molecule has 2 aromatic carbocycles. The van der Waals surface area contributed by atoms with Gasteiger partial charge in [0.1, 0.15) is 11.6 Å². The summed E-state index contributed by atoms with van der Waals surface area (Å²) in [5.41, 5.74) is 9.40. The van der Waals surface area contributed by atoms with Crippen LogP contribution in [0.1, 0.15) is 36.8 Å². The van der Waals surface area contributed by atoms with Crippen molar-refractivity contribution in [3.8, 4) is 16.9 Å². The molecule has 1 heterocycles. The van der Waals surface area contributed by atoms with E-state index in [0.717, 1.165) is 48.9 Å². The fourth-order valence-corrected chi connectivity index (χ4v) is 4.23. The van der Waals surface area contributed by atoms with Gasteiger partial charge in [0.25, 0.3) is 0 Å².